The van der Waals surface area contributed by atoms with Gasteiger partial charge in [-0.2, -0.15) is 5.26 Å². The van der Waals surface area contributed by atoms with Gasteiger partial charge >= 0.3 is 0 Å². The summed E-state index contributed by atoms with van der Waals surface area (Å²) in [6.07, 6.45) is 5.92. The largest absolute Gasteiger partial charge is 0.371 e. The highest BCUT2D eigenvalue weighted by Gasteiger charge is 2.43. The Morgan fingerprint density at radius 2 is 1.70 bits per heavy atom. The fraction of sp³-hybridized carbons (Fsp3) is 0.448. The molecule has 168 valence electrons. The molecule has 0 saturated carbocycles. The van der Waals surface area contributed by atoms with E-state index < -0.39 is 0 Å². The molecule has 2 saturated heterocycles. The Kier molecular flexibility index (Phi) is 4.74. The van der Waals surface area contributed by atoms with E-state index in [2.05, 4.69) is 47.9 Å². The summed E-state index contributed by atoms with van der Waals surface area (Å²) >= 11 is 0. The molecule has 4 nitrogen and oxygen atoms in total. The number of likely N-dealkylation sites (tertiary alicyclic amines) is 1. The number of anilines is 1. The summed E-state index contributed by atoms with van der Waals surface area (Å²) in [5, 5.41) is 9.32. The minimum Gasteiger partial charge on any atom is -0.371 e. The number of ketones is 1. The first kappa shape index (κ1) is 20.7. The quantitative estimate of drug-likeness (QED) is 0.655. The van der Waals surface area contributed by atoms with Crippen LogP contribution in [0.25, 0.3) is 5.57 Å². The molecular weight excluding hydrogens is 406 g/mol. The van der Waals surface area contributed by atoms with Crippen molar-refractivity contribution in [3.8, 4) is 6.07 Å². The van der Waals surface area contributed by atoms with Gasteiger partial charge in [0.05, 0.1) is 11.6 Å². The van der Waals surface area contributed by atoms with Crippen LogP contribution in [-0.4, -0.2) is 42.9 Å². The van der Waals surface area contributed by atoms with Gasteiger partial charge in [0, 0.05) is 41.4 Å². The van der Waals surface area contributed by atoms with Gasteiger partial charge in [-0.15, -0.1) is 0 Å². The monoisotopic (exact) mass is 437 g/mol. The van der Waals surface area contributed by atoms with Gasteiger partial charge < -0.3 is 9.80 Å². The Labute approximate surface area is 196 Å². The van der Waals surface area contributed by atoms with Gasteiger partial charge in [-0.1, -0.05) is 19.9 Å². The zero-order chi connectivity index (χ0) is 22.7. The van der Waals surface area contributed by atoms with Gasteiger partial charge in [0.15, 0.2) is 5.78 Å². The van der Waals surface area contributed by atoms with Crippen LogP contribution in [0.1, 0.15) is 72.1 Å². The average Bonchev–Trinajstić information content (AvgIpc) is 3.51. The molecule has 0 atom stereocenters. The Morgan fingerprint density at radius 3 is 2.42 bits per heavy atom. The molecule has 0 amide bonds. The van der Waals surface area contributed by atoms with Crippen LogP contribution >= 0.6 is 0 Å². The lowest BCUT2D eigenvalue weighted by Crippen LogP contribution is -2.44. The van der Waals surface area contributed by atoms with Crippen LogP contribution in [0, 0.1) is 11.3 Å². The van der Waals surface area contributed by atoms with Gasteiger partial charge in [0.25, 0.3) is 0 Å². The number of carbonyl (C=O) groups is 1. The van der Waals surface area contributed by atoms with Gasteiger partial charge in [-0.3, -0.25) is 4.79 Å². The Hall–Kier alpha value is -2.90. The van der Waals surface area contributed by atoms with Crippen molar-refractivity contribution in [2.24, 2.45) is 0 Å². The van der Waals surface area contributed by atoms with Crippen molar-refractivity contribution >= 4 is 17.0 Å². The summed E-state index contributed by atoms with van der Waals surface area (Å²) in [6.45, 7) is 9.24. The highest BCUT2D eigenvalue weighted by molar-refractivity contribution is 6.33. The maximum atomic E-state index is 13.6. The number of fused-ring (bicyclic) bond motifs is 3. The highest BCUT2D eigenvalue weighted by atomic mass is 16.1. The number of allylic oxidation sites excluding steroid dienone is 2. The molecule has 2 aliphatic carbocycles. The van der Waals surface area contributed by atoms with E-state index >= 15 is 0 Å². The summed E-state index contributed by atoms with van der Waals surface area (Å²) in [6, 6.07) is 15.2. The van der Waals surface area contributed by atoms with Crippen molar-refractivity contribution in [3.63, 3.8) is 0 Å². The summed E-state index contributed by atoms with van der Waals surface area (Å²) in [7, 11) is 0. The fourth-order valence-corrected chi connectivity index (χ4v) is 6.62. The van der Waals surface area contributed by atoms with Crippen LogP contribution in [0.15, 0.2) is 42.0 Å². The van der Waals surface area contributed by atoms with E-state index in [1.807, 2.05) is 18.2 Å². The topological polar surface area (TPSA) is 47.3 Å². The zero-order valence-corrected chi connectivity index (χ0v) is 19.7. The maximum absolute atomic E-state index is 13.6. The molecule has 2 fully saturated rings. The number of hydrogen-bond donors (Lipinski definition) is 0. The first-order valence-electron chi connectivity index (χ1n) is 12.4. The predicted molar refractivity (Wildman–Crippen MR) is 132 cm³/mol. The lowest BCUT2D eigenvalue weighted by molar-refractivity contribution is 0.105. The van der Waals surface area contributed by atoms with Gasteiger partial charge in [0.2, 0.25) is 0 Å². The van der Waals surface area contributed by atoms with E-state index in [0.717, 1.165) is 53.4 Å². The molecule has 0 N–H and O–H groups in total. The summed E-state index contributed by atoms with van der Waals surface area (Å²) < 4.78 is 0. The normalized spacial score (nSPS) is 22.2. The molecule has 4 heteroatoms. The molecule has 2 aromatic carbocycles. The van der Waals surface area contributed by atoms with Crippen molar-refractivity contribution in [1.82, 2.24) is 4.90 Å². The van der Waals surface area contributed by atoms with Crippen molar-refractivity contribution in [2.75, 3.05) is 31.1 Å². The van der Waals surface area contributed by atoms with Crippen molar-refractivity contribution < 1.29 is 4.79 Å². The summed E-state index contributed by atoms with van der Waals surface area (Å²) in [4.78, 5) is 18.8. The van der Waals surface area contributed by atoms with Crippen LogP contribution in [0.4, 0.5) is 5.69 Å². The molecular formula is C29H31N3O. The van der Waals surface area contributed by atoms with E-state index in [1.165, 1.54) is 50.0 Å². The minimum absolute atomic E-state index is 0.141. The van der Waals surface area contributed by atoms with E-state index in [0.29, 0.717) is 5.56 Å². The third kappa shape index (κ3) is 3.17. The molecule has 0 radical (unpaired) electrons. The number of carbonyl (C=O) groups excluding carboxylic acids is 1. The number of hydrogen-bond acceptors (Lipinski definition) is 4. The van der Waals surface area contributed by atoms with Crippen LogP contribution in [-0.2, 0) is 11.8 Å². The van der Waals surface area contributed by atoms with E-state index in [9.17, 15) is 10.1 Å². The second kappa shape index (κ2) is 7.57. The lowest BCUT2D eigenvalue weighted by atomic mass is 9.68. The van der Waals surface area contributed by atoms with Crippen molar-refractivity contribution in [3.05, 3.63) is 69.8 Å². The third-order valence-electron chi connectivity index (χ3n) is 8.56. The van der Waals surface area contributed by atoms with Crippen LogP contribution in [0.2, 0.25) is 0 Å². The molecule has 33 heavy (non-hydrogen) atoms. The molecule has 2 aliphatic heterocycles. The van der Waals surface area contributed by atoms with Gasteiger partial charge in [-0.05, 0) is 97.8 Å². The molecule has 0 spiro atoms. The number of nitrogens with zero attached hydrogens (tertiary/aromatic N) is 3. The van der Waals surface area contributed by atoms with Crippen LogP contribution in [0.3, 0.4) is 0 Å². The first-order chi connectivity index (χ1) is 16.0. The first-order valence-corrected chi connectivity index (χ1v) is 12.4. The SMILES string of the molecule is CC1(C)C2=C(C(=O)c3ccc(N4CCC(N5CCCC5)CC4)cc31)c1ccc(C#N)cc1C2. The Morgan fingerprint density at radius 1 is 0.970 bits per heavy atom. The van der Waals surface area contributed by atoms with Gasteiger partial charge in [-0.25, -0.2) is 0 Å². The highest BCUT2D eigenvalue weighted by Crippen LogP contribution is 2.50. The Bertz CT molecular complexity index is 1220. The molecule has 6 rings (SSSR count). The Balaban J connectivity index is 1.30. The average molecular weight is 438 g/mol. The minimum atomic E-state index is -0.214. The fourth-order valence-electron chi connectivity index (χ4n) is 6.62. The molecule has 2 heterocycles. The third-order valence-corrected chi connectivity index (χ3v) is 8.56. The van der Waals surface area contributed by atoms with Crippen LogP contribution in [0.5, 0.6) is 0 Å². The van der Waals surface area contributed by atoms with Crippen molar-refractivity contribution in [2.45, 2.75) is 57.4 Å². The molecule has 4 aliphatic rings. The number of benzene rings is 2. The second-order valence-corrected chi connectivity index (χ2v) is 10.7. The van der Waals surface area contributed by atoms with E-state index in [-0.39, 0.29) is 11.2 Å². The number of Topliss-reactive ketones (excluding diaryl/α,β-unsaturated/α-hetero) is 1. The van der Waals surface area contributed by atoms with Crippen molar-refractivity contribution in [1.29, 1.82) is 5.26 Å². The summed E-state index contributed by atoms with van der Waals surface area (Å²) in [5.41, 5.74) is 7.88. The summed E-state index contributed by atoms with van der Waals surface area (Å²) in [5.74, 6) is 0.141. The standard InChI is InChI=1S/C29H31N3O/c1-29(2)25-17-22(32-13-9-21(10-14-32)31-11-3-4-12-31)6-8-24(25)28(33)27-23-7-5-19(18-30)15-20(23)16-26(27)29/h5-8,15,17,21H,3-4,9-14,16H2,1-2H3. The maximum Gasteiger partial charge on any atom is 0.193 e. The number of piperidine rings is 1. The molecule has 2 aromatic rings. The lowest BCUT2D eigenvalue weighted by Gasteiger charge is -2.39. The van der Waals surface area contributed by atoms with Crippen LogP contribution < -0.4 is 4.90 Å². The number of nitriles is 1. The second-order valence-electron chi connectivity index (χ2n) is 10.7. The van der Waals surface area contributed by atoms with E-state index in [4.69, 9.17) is 0 Å². The predicted octanol–water partition coefficient (Wildman–Crippen LogP) is 5.11. The molecule has 0 aromatic heterocycles. The molecule has 0 bridgehead atoms. The zero-order valence-electron chi connectivity index (χ0n) is 19.7. The van der Waals surface area contributed by atoms with E-state index in [1.54, 1.807) is 0 Å². The molecule has 0 unspecified atom stereocenters. The number of rotatable bonds is 2. The smallest absolute Gasteiger partial charge is 0.193 e. The van der Waals surface area contributed by atoms with Gasteiger partial charge in [0.1, 0.15) is 0 Å².